The van der Waals surface area contributed by atoms with Gasteiger partial charge in [0, 0.05) is 44.9 Å². The molecule has 0 spiro atoms. The molecule has 6 aromatic rings. The molecule has 0 aliphatic rings. The summed E-state index contributed by atoms with van der Waals surface area (Å²) >= 11 is 0. The standard InChI is InChI=1S/2C24H24O3.Zn/c2*1-16(17-10-6-4-7-11-17)20-14-19(15-21(22(20)25)23(26)27)24(2,3)18-12-8-5-9-13-18;/h2*4-16,25H,1-3H3,(H,26,27);/q;;+2/p-2. The molecule has 0 amide bonds. The van der Waals surface area contributed by atoms with Crippen LogP contribution in [0.5, 0.6) is 11.5 Å². The number of benzene rings is 6. The number of carbonyl (C=O) groups is 2. The van der Waals surface area contributed by atoms with Gasteiger partial charge in [-0.3, -0.25) is 0 Å². The van der Waals surface area contributed by atoms with Gasteiger partial charge in [-0.05, 0) is 45.5 Å². The van der Waals surface area contributed by atoms with Gasteiger partial charge in [0.25, 0.3) is 0 Å². The first-order valence-electron chi connectivity index (χ1n) is 18.0. The topological polar surface area (TPSA) is 121 Å². The first kappa shape index (κ1) is 42.2. The molecule has 0 aliphatic carbocycles. The van der Waals surface area contributed by atoms with Crippen molar-refractivity contribution in [2.24, 2.45) is 0 Å². The molecule has 0 saturated carbocycles. The van der Waals surface area contributed by atoms with E-state index in [-0.39, 0.29) is 53.9 Å². The minimum Gasteiger partial charge on any atom is -0.545 e. The summed E-state index contributed by atoms with van der Waals surface area (Å²) in [7, 11) is 0. The molecule has 0 radical (unpaired) electrons. The third kappa shape index (κ3) is 9.24. The predicted molar refractivity (Wildman–Crippen MR) is 210 cm³/mol. The van der Waals surface area contributed by atoms with Crippen LogP contribution in [0.1, 0.15) is 119 Å². The molecule has 276 valence electrons. The van der Waals surface area contributed by atoms with E-state index in [1.54, 1.807) is 0 Å². The second kappa shape index (κ2) is 17.7. The maximum Gasteiger partial charge on any atom is 2.00 e. The largest absolute Gasteiger partial charge is 2.00 e. The molecule has 0 bridgehead atoms. The Bertz CT molecular complexity index is 2060. The summed E-state index contributed by atoms with van der Waals surface area (Å²) in [4.78, 5) is 23.4. The molecule has 2 N–H and O–H groups in total. The average Bonchev–Trinajstić information content (AvgIpc) is 3.18. The van der Waals surface area contributed by atoms with Crippen LogP contribution in [0.4, 0.5) is 0 Å². The van der Waals surface area contributed by atoms with Crippen molar-refractivity contribution in [2.75, 3.05) is 0 Å². The predicted octanol–water partition coefficient (Wildman–Crippen LogP) is 8.46. The van der Waals surface area contributed by atoms with Crippen LogP contribution in [-0.4, -0.2) is 22.2 Å². The third-order valence-corrected chi connectivity index (χ3v) is 10.7. The molecule has 7 heteroatoms. The van der Waals surface area contributed by atoms with Crippen LogP contribution in [0.2, 0.25) is 0 Å². The van der Waals surface area contributed by atoms with Crippen LogP contribution in [0.15, 0.2) is 146 Å². The summed E-state index contributed by atoms with van der Waals surface area (Å²) in [5.41, 5.74) is 5.77. The van der Waals surface area contributed by atoms with E-state index < -0.39 is 22.8 Å². The van der Waals surface area contributed by atoms with Crippen molar-refractivity contribution in [3.8, 4) is 11.5 Å². The number of aromatic hydroxyl groups is 2. The summed E-state index contributed by atoms with van der Waals surface area (Å²) in [5.74, 6) is -3.51. The molecule has 2 unspecified atom stereocenters. The van der Waals surface area contributed by atoms with Gasteiger partial charge >= 0.3 is 19.5 Å². The Morgan fingerprint density at radius 1 is 0.473 bits per heavy atom. The molecule has 2 atom stereocenters. The van der Waals surface area contributed by atoms with Crippen molar-refractivity contribution >= 4 is 11.9 Å². The number of hydrogen-bond donors (Lipinski definition) is 2. The minimum absolute atomic E-state index is 0. The van der Waals surface area contributed by atoms with Crippen LogP contribution in [0.3, 0.4) is 0 Å². The normalized spacial score (nSPS) is 12.3. The number of phenols is 2. The summed E-state index contributed by atoms with van der Waals surface area (Å²) in [6.07, 6.45) is 0. The fraction of sp³-hybridized carbons (Fsp3) is 0.208. The van der Waals surface area contributed by atoms with Crippen molar-refractivity contribution in [3.63, 3.8) is 0 Å². The Balaban J connectivity index is 0.000000240. The van der Waals surface area contributed by atoms with Gasteiger partial charge in [-0.25, -0.2) is 0 Å². The van der Waals surface area contributed by atoms with E-state index in [1.165, 1.54) is 12.1 Å². The third-order valence-electron chi connectivity index (χ3n) is 10.7. The van der Waals surface area contributed by atoms with Crippen LogP contribution in [0.25, 0.3) is 0 Å². The number of carboxylic acids is 2. The van der Waals surface area contributed by atoms with E-state index in [2.05, 4.69) is 0 Å². The van der Waals surface area contributed by atoms with E-state index in [9.17, 15) is 30.0 Å². The number of hydrogen-bond acceptors (Lipinski definition) is 6. The fourth-order valence-electron chi connectivity index (χ4n) is 6.89. The van der Waals surface area contributed by atoms with Gasteiger partial charge in [0.05, 0.1) is 11.9 Å². The van der Waals surface area contributed by atoms with E-state index in [4.69, 9.17) is 0 Å². The van der Waals surface area contributed by atoms with Crippen molar-refractivity contribution in [1.29, 1.82) is 0 Å². The first-order valence-corrected chi connectivity index (χ1v) is 18.0. The molecule has 6 aromatic carbocycles. The zero-order valence-electron chi connectivity index (χ0n) is 32.2. The maximum atomic E-state index is 11.7. The molecule has 55 heavy (non-hydrogen) atoms. The minimum atomic E-state index is -1.38. The van der Waals surface area contributed by atoms with Gasteiger partial charge < -0.3 is 30.0 Å². The second-order valence-corrected chi connectivity index (χ2v) is 14.7. The van der Waals surface area contributed by atoms with E-state index in [0.29, 0.717) is 11.1 Å². The molecule has 0 aromatic heterocycles. The molecule has 6 rings (SSSR count). The van der Waals surface area contributed by atoms with Crippen LogP contribution in [0, 0.1) is 0 Å². The number of carboxylic acid groups (broad SMARTS) is 2. The number of aromatic carboxylic acids is 2. The molecule has 0 fully saturated rings. The van der Waals surface area contributed by atoms with Gasteiger partial charge in [-0.15, -0.1) is 0 Å². The Hall–Kier alpha value is -5.52. The summed E-state index contributed by atoms with van der Waals surface area (Å²) in [6, 6.07) is 46.2. The van der Waals surface area contributed by atoms with Crippen molar-refractivity contribution < 1.29 is 49.5 Å². The second-order valence-electron chi connectivity index (χ2n) is 14.7. The molecule has 0 heterocycles. The van der Waals surface area contributed by atoms with Crippen molar-refractivity contribution in [2.45, 2.75) is 64.2 Å². The van der Waals surface area contributed by atoms with E-state index in [0.717, 1.165) is 33.4 Å². The Kier molecular flexibility index (Phi) is 13.6. The summed E-state index contributed by atoms with van der Waals surface area (Å²) < 4.78 is 0. The van der Waals surface area contributed by atoms with Crippen LogP contribution < -0.4 is 10.2 Å². The zero-order chi connectivity index (χ0) is 39.2. The first-order chi connectivity index (χ1) is 25.6. The molecular weight excluding hydrogens is 738 g/mol. The Morgan fingerprint density at radius 2 is 0.745 bits per heavy atom. The monoisotopic (exact) mass is 782 g/mol. The fourth-order valence-corrected chi connectivity index (χ4v) is 6.89. The molecular formula is C48H46O6Zn. The molecule has 6 nitrogen and oxygen atoms in total. The molecule has 0 aliphatic heterocycles. The van der Waals surface area contributed by atoms with E-state index in [1.807, 2.05) is 175 Å². The Morgan fingerprint density at radius 3 is 1.02 bits per heavy atom. The van der Waals surface area contributed by atoms with E-state index >= 15 is 0 Å². The summed E-state index contributed by atoms with van der Waals surface area (Å²) in [5, 5.41) is 44.6. The van der Waals surface area contributed by atoms with Gasteiger partial charge in [0.1, 0.15) is 11.5 Å². The maximum absolute atomic E-state index is 11.7. The SMILES string of the molecule is CC(c1ccccc1)c1cc(C(C)(C)c2ccccc2)cc(C(=O)[O-])c1O.CC(c1ccccc1)c1cc(C(C)(C)c2ccccc2)cc(C(=O)[O-])c1O.[Zn+2]. The molecule has 0 saturated heterocycles. The van der Waals surface area contributed by atoms with Gasteiger partial charge in [0.15, 0.2) is 0 Å². The van der Waals surface area contributed by atoms with Gasteiger partial charge in [0.2, 0.25) is 0 Å². The smallest absolute Gasteiger partial charge is 0.545 e. The van der Waals surface area contributed by atoms with Gasteiger partial charge in [-0.2, -0.15) is 0 Å². The number of rotatable bonds is 10. The number of carbonyl (C=O) groups excluding carboxylic acids is 2. The average molecular weight is 784 g/mol. The van der Waals surface area contributed by atoms with Gasteiger partial charge in [-0.1, -0.05) is 175 Å². The van der Waals surface area contributed by atoms with Crippen LogP contribution in [-0.2, 0) is 30.3 Å². The summed E-state index contributed by atoms with van der Waals surface area (Å²) in [6.45, 7) is 12.1. The van der Waals surface area contributed by atoms with Crippen molar-refractivity contribution in [1.82, 2.24) is 0 Å². The Labute approximate surface area is 336 Å². The zero-order valence-corrected chi connectivity index (χ0v) is 35.2. The quantitative estimate of drug-likeness (QED) is 0.135. The van der Waals surface area contributed by atoms with Crippen LogP contribution >= 0.6 is 0 Å². The van der Waals surface area contributed by atoms with Crippen molar-refractivity contribution in [3.05, 3.63) is 201 Å².